The Kier molecular flexibility index (Phi) is 4.38. The van der Waals surface area contributed by atoms with E-state index in [4.69, 9.17) is 4.42 Å². The van der Waals surface area contributed by atoms with Crippen LogP contribution in [0.25, 0.3) is 11.0 Å². The van der Waals surface area contributed by atoms with Crippen LogP contribution in [-0.2, 0) is 0 Å². The van der Waals surface area contributed by atoms with E-state index in [9.17, 15) is 4.79 Å². The molecule has 1 aromatic carbocycles. The van der Waals surface area contributed by atoms with Gasteiger partial charge in [0, 0.05) is 50.6 Å². The van der Waals surface area contributed by atoms with E-state index in [1.165, 1.54) is 0 Å². The molecule has 7 heteroatoms. The van der Waals surface area contributed by atoms with Crippen LogP contribution in [0, 0.1) is 5.92 Å². The molecular formula is C17H23N5O2. The zero-order valence-corrected chi connectivity index (χ0v) is 13.5. The fourth-order valence-corrected chi connectivity index (χ4v) is 3.41. The van der Waals surface area contributed by atoms with Gasteiger partial charge in [-0.1, -0.05) is 18.2 Å². The Morgan fingerprint density at radius 1 is 1.33 bits per heavy atom. The van der Waals surface area contributed by atoms with E-state index in [0.29, 0.717) is 5.92 Å². The minimum atomic E-state index is 0.0427. The fraction of sp³-hybridized carbons (Fsp3) is 0.471. The van der Waals surface area contributed by atoms with Crippen molar-refractivity contribution in [2.45, 2.75) is 6.04 Å². The van der Waals surface area contributed by atoms with Gasteiger partial charge in [-0.15, -0.1) is 0 Å². The molecule has 3 heterocycles. The summed E-state index contributed by atoms with van der Waals surface area (Å²) in [4.78, 5) is 13.3. The third-order valence-corrected chi connectivity index (χ3v) is 4.75. The molecule has 24 heavy (non-hydrogen) atoms. The lowest BCUT2D eigenvalue weighted by Crippen LogP contribution is -2.37. The fourth-order valence-electron chi connectivity index (χ4n) is 3.41. The lowest BCUT2D eigenvalue weighted by molar-refractivity contribution is 0.217. The molecule has 7 nitrogen and oxygen atoms in total. The van der Waals surface area contributed by atoms with Crippen LogP contribution in [0.1, 0.15) is 11.8 Å². The van der Waals surface area contributed by atoms with Crippen molar-refractivity contribution in [3.05, 3.63) is 36.1 Å². The number of fused-ring (bicyclic) bond motifs is 1. The summed E-state index contributed by atoms with van der Waals surface area (Å²) < 4.78 is 5.99. The third kappa shape index (κ3) is 3.10. The van der Waals surface area contributed by atoms with Crippen LogP contribution in [0.3, 0.4) is 0 Å². The average molecular weight is 329 g/mol. The summed E-state index contributed by atoms with van der Waals surface area (Å²) in [7, 11) is 0. The van der Waals surface area contributed by atoms with Crippen molar-refractivity contribution < 1.29 is 9.21 Å². The van der Waals surface area contributed by atoms with Gasteiger partial charge < -0.3 is 20.0 Å². The van der Waals surface area contributed by atoms with E-state index >= 15 is 0 Å². The summed E-state index contributed by atoms with van der Waals surface area (Å²) >= 11 is 0. The number of rotatable bonds is 6. The number of furan rings is 1. The van der Waals surface area contributed by atoms with Crippen molar-refractivity contribution >= 4 is 17.0 Å². The second-order valence-corrected chi connectivity index (χ2v) is 6.37. The van der Waals surface area contributed by atoms with Crippen molar-refractivity contribution in [1.82, 2.24) is 26.4 Å². The second-order valence-electron chi connectivity index (χ2n) is 6.37. The maximum absolute atomic E-state index is 11.5. The predicted octanol–water partition coefficient (Wildman–Crippen LogP) is 0.813. The van der Waals surface area contributed by atoms with E-state index in [2.05, 4.69) is 33.6 Å². The van der Waals surface area contributed by atoms with Crippen molar-refractivity contribution in [2.75, 3.05) is 39.3 Å². The number of benzene rings is 1. The van der Waals surface area contributed by atoms with Gasteiger partial charge in [-0.25, -0.2) is 10.2 Å². The SMILES string of the molecule is O=C1NCCN1CCNCC1CNNC1c1cc2ccccc2o1. The van der Waals surface area contributed by atoms with E-state index in [1.807, 2.05) is 23.1 Å². The molecule has 2 aliphatic heterocycles. The van der Waals surface area contributed by atoms with Crippen LogP contribution in [0.2, 0.25) is 0 Å². The van der Waals surface area contributed by atoms with Gasteiger partial charge in [0.25, 0.3) is 0 Å². The van der Waals surface area contributed by atoms with E-state index in [1.54, 1.807) is 0 Å². The molecule has 0 saturated carbocycles. The van der Waals surface area contributed by atoms with Crippen LogP contribution in [0.5, 0.6) is 0 Å². The predicted molar refractivity (Wildman–Crippen MR) is 91.4 cm³/mol. The summed E-state index contributed by atoms with van der Waals surface area (Å²) in [6.07, 6.45) is 0. The van der Waals surface area contributed by atoms with Gasteiger partial charge in [0.2, 0.25) is 0 Å². The molecule has 4 N–H and O–H groups in total. The monoisotopic (exact) mass is 329 g/mol. The van der Waals surface area contributed by atoms with Gasteiger partial charge in [0.1, 0.15) is 11.3 Å². The molecule has 2 fully saturated rings. The van der Waals surface area contributed by atoms with Gasteiger partial charge >= 0.3 is 6.03 Å². The largest absolute Gasteiger partial charge is 0.459 e. The van der Waals surface area contributed by atoms with Crippen molar-refractivity contribution in [2.24, 2.45) is 5.92 Å². The molecule has 2 atom stereocenters. The zero-order valence-electron chi connectivity index (χ0n) is 13.5. The third-order valence-electron chi connectivity index (χ3n) is 4.75. The molecule has 0 spiro atoms. The quantitative estimate of drug-likeness (QED) is 0.590. The minimum absolute atomic E-state index is 0.0427. The number of nitrogens with one attached hydrogen (secondary N) is 4. The molecule has 2 saturated heterocycles. The first kappa shape index (κ1) is 15.4. The average Bonchev–Trinajstić information content (AvgIpc) is 3.30. The summed E-state index contributed by atoms with van der Waals surface area (Å²) in [5.41, 5.74) is 7.47. The first-order chi connectivity index (χ1) is 11.8. The van der Waals surface area contributed by atoms with Crippen molar-refractivity contribution in [3.63, 3.8) is 0 Å². The first-order valence-electron chi connectivity index (χ1n) is 8.51. The van der Waals surface area contributed by atoms with Gasteiger partial charge in [-0.3, -0.25) is 5.43 Å². The summed E-state index contributed by atoms with van der Waals surface area (Å²) in [5.74, 6) is 1.37. The van der Waals surface area contributed by atoms with Crippen molar-refractivity contribution in [1.29, 1.82) is 0 Å². The van der Waals surface area contributed by atoms with Crippen LogP contribution in [0.4, 0.5) is 4.79 Å². The number of hydrogen-bond donors (Lipinski definition) is 4. The molecule has 0 aliphatic carbocycles. The Balaban J connectivity index is 1.32. The highest BCUT2D eigenvalue weighted by Crippen LogP contribution is 2.29. The van der Waals surface area contributed by atoms with Gasteiger partial charge in [0.05, 0.1) is 6.04 Å². The number of carbonyl (C=O) groups excluding carboxylic acids is 1. The standard InChI is InChI=1S/C17H23N5O2/c23-17-19-6-8-22(17)7-5-18-10-13-11-20-21-16(13)15-9-12-3-1-2-4-14(12)24-15/h1-4,9,13,16,18,20-21H,5-8,10-11H2,(H,19,23). The summed E-state index contributed by atoms with van der Waals surface area (Å²) in [6, 6.07) is 10.4. The maximum Gasteiger partial charge on any atom is 0.317 e. The molecule has 4 rings (SSSR count). The Bertz CT molecular complexity index is 683. The number of urea groups is 1. The number of para-hydroxylation sites is 1. The van der Waals surface area contributed by atoms with Crippen LogP contribution in [-0.4, -0.2) is 50.2 Å². The zero-order chi connectivity index (χ0) is 16.4. The Labute approximate surface area is 140 Å². The van der Waals surface area contributed by atoms with E-state index < -0.39 is 0 Å². The maximum atomic E-state index is 11.5. The Morgan fingerprint density at radius 3 is 3.08 bits per heavy atom. The number of amides is 2. The number of nitrogens with zero attached hydrogens (tertiary/aromatic N) is 1. The van der Waals surface area contributed by atoms with Crippen LogP contribution < -0.4 is 21.5 Å². The summed E-state index contributed by atoms with van der Waals surface area (Å²) in [5, 5.41) is 7.42. The number of carbonyl (C=O) groups is 1. The smallest absolute Gasteiger partial charge is 0.317 e. The molecule has 0 radical (unpaired) electrons. The minimum Gasteiger partial charge on any atom is -0.459 e. The molecule has 2 amide bonds. The van der Waals surface area contributed by atoms with Gasteiger partial charge in [-0.05, 0) is 12.1 Å². The highest BCUT2D eigenvalue weighted by molar-refractivity contribution is 5.77. The first-order valence-corrected chi connectivity index (χ1v) is 8.51. The highest BCUT2D eigenvalue weighted by Gasteiger charge is 2.30. The number of hydrazine groups is 1. The van der Waals surface area contributed by atoms with Crippen molar-refractivity contribution in [3.8, 4) is 0 Å². The molecular weight excluding hydrogens is 306 g/mol. The summed E-state index contributed by atoms with van der Waals surface area (Å²) in [6.45, 7) is 4.86. The molecule has 2 aliphatic rings. The van der Waals surface area contributed by atoms with Gasteiger partial charge in [0.15, 0.2) is 0 Å². The molecule has 128 valence electrons. The van der Waals surface area contributed by atoms with Crippen LogP contribution >= 0.6 is 0 Å². The van der Waals surface area contributed by atoms with E-state index in [-0.39, 0.29) is 12.1 Å². The van der Waals surface area contributed by atoms with Crippen LogP contribution in [0.15, 0.2) is 34.7 Å². The van der Waals surface area contributed by atoms with E-state index in [0.717, 1.165) is 56.0 Å². The topological polar surface area (TPSA) is 81.6 Å². The lowest BCUT2D eigenvalue weighted by Gasteiger charge is -2.18. The Hall–Kier alpha value is -2.09. The lowest BCUT2D eigenvalue weighted by atomic mass is 9.99. The molecule has 2 aromatic rings. The number of hydrogen-bond acceptors (Lipinski definition) is 5. The molecule has 1 aromatic heterocycles. The Morgan fingerprint density at radius 2 is 2.25 bits per heavy atom. The normalized spacial score (nSPS) is 24.0. The highest BCUT2D eigenvalue weighted by atomic mass is 16.3. The van der Waals surface area contributed by atoms with Gasteiger partial charge in [-0.2, -0.15) is 0 Å². The molecule has 0 bridgehead atoms. The molecule has 2 unspecified atom stereocenters. The second kappa shape index (κ2) is 6.80.